The Kier molecular flexibility index (Phi) is 13.4. The second kappa shape index (κ2) is 18.4. The molecule has 32 heteroatoms. The Balaban J connectivity index is 1.87. The summed E-state index contributed by atoms with van der Waals surface area (Å²) in [7, 11) is 0. The predicted octanol–water partition coefficient (Wildman–Crippen LogP) is 16.6. The lowest BCUT2D eigenvalue weighted by molar-refractivity contribution is -0.144. The molecular weight excluding hydrogens is 1120 g/mol. The lowest BCUT2D eigenvalue weighted by Gasteiger charge is -2.25. The molecule has 2 aliphatic rings. The Bertz CT molecular complexity index is 3240. The molecule has 406 valence electrons. The fraction of sp³-hybridized carbons (Fsp3) is 0.174. The molecule has 5 aromatic carbocycles. The lowest BCUT2D eigenvalue weighted by atomic mass is 9.82. The summed E-state index contributed by atoms with van der Waals surface area (Å²) >= 11 is 0. The van der Waals surface area contributed by atoms with Gasteiger partial charge >= 0.3 is 49.4 Å². The van der Waals surface area contributed by atoms with E-state index in [1.807, 2.05) is 10.6 Å². The van der Waals surface area contributed by atoms with E-state index in [2.05, 4.69) is 0 Å². The minimum Gasteiger partial charge on any atom is -0.436 e. The van der Waals surface area contributed by atoms with Gasteiger partial charge in [-0.3, -0.25) is 0 Å². The zero-order valence-corrected chi connectivity index (χ0v) is 36.5. The molecule has 2 N–H and O–H groups in total. The molecule has 0 amide bonds. The summed E-state index contributed by atoms with van der Waals surface area (Å²) < 4.78 is 364. The van der Waals surface area contributed by atoms with Gasteiger partial charge in [-0.2, -0.15) is 126 Å². The number of halogens is 24. The molecule has 0 unspecified atom stereocenters. The van der Waals surface area contributed by atoms with Gasteiger partial charge in [-0.25, -0.2) is 0 Å². The molecule has 0 radical (unpaired) electrons. The maximum atomic E-state index is 15.3. The van der Waals surface area contributed by atoms with Crippen molar-refractivity contribution < 1.29 is 115 Å². The number of fused-ring (bicyclic) bond motifs is 2. The Morgan fingerprint density at radius 2 is 0.564 bits per heavy atom. The van der Waals surface area contributed by atoms with E-state index in [1.165, 1.54) is 0 Å². The number of hydrogen-bond acceptors (Lipinski definition) is 8. The Morgan fingerprint density at radius 3 is 0.782 bits per heavy atom. The maximum absolute atomic E-state index is 15.3. The summed E-state index contributed by atoms with van der Waals surface area (Å²) in [5, 5.41) is 42.9. The van der Waals surface area contributed by atoms with Crippen LogP contribution in [0, 0.1) is 45.3 Å². The van der Waals surface area contributed by atoms with Gasteiger partial charge in [0.05, 0.1) is 67.0 Å². The zero-order valence-electron chi connectivity index (χ0n) is 36.5. The van der Waals surface area contributed by atoms with Crippen molar-refractivity contribution >= 4 is 11.4 Å². The van der Waals surface area contributed by atoms with E-state index in [0.717, 1.165) is 24.3 Å². The van der Waals surface area contributed by atoms with Crippen molar-refractivity contribution in [3.8, 4) is 80.3 Å². The average molecular weight is 1140 g/mol. The summed E-state index contributed by atoms with van der Waals surface area (Å²) in [6.45, 7) is 0. The van der Waals surface area contributed by atoms with Crippen LogP contribution in [0.15, 0.2) is 83.6 Å². The van der Waals surface area contributed by atoms with Crippen molar-refractivity contribution in [1.29, 1.82) is 21.0 Å². The molecule has 0 atom stereocenters. The van der Waals surface area contributed by atoms with Crippen LogP contribution in [0.4, 0.5) is 117 Å². The minimum atomic E-state index is -6.34. The van der Waals surface area contributed by atoms with Gasteiger partial charge in [0, 0.05) is 11.1 Å². The van der Waals surface area contributed by atoms with E-state index >= 15 is 26.3 Å². The largest absolute Gasteiger partial charge is 0.436 e. The van der Waals surface area contributed by atoms with Gasteiger partial charge in [0.1, 0.15) is 24.3 Å². The van der Waals surface area contributed by atoms with E-state index in [0.29, 0.717) is 0 Å². The van der Waals surface area contributed by atoms with Crippen LogP contribution >= 0.6 is 0 Å². The van der Waals surface area contributed by atoms with Crippen molar-refractivity contribution in [1.82, 2.24) is 0 Å². The van der Waals surface area contributed by atoms with Crippen LogP contribution in [-0.2, 0) is 49.4 Å². The zero-order chi connectivity index (χ0) is 58.6. The number of nitrogens with zero attached hydrogens (tertiary/aromatic N) is 4. The first-order chi connectivity index (χ1) is 35.5. The second-order valence-electron chi connectivity index (χ2n) is 15.9. The number of nitrogens with one attached hydrogen (secondary N) is 2. The monoisotopic (exact) mass is 1140 g/mol. The fourth-order valence-corrected chi connectivity index (χ4v) is 7.90. The van der Waals surface area contributed by atoms with Crippen LogP contribution in [-0.4, -0.2) is 0 Å². The topological polar surface area (TPSA) is 138 Å². The van der Waals surface area contributed by atoms with Crippen molar-refractivity contribution in [2.45, 2.75) is 49.4 Å². The highest BCUT2D eigenvalue weighted by Crippen LogP contribution is 2.64. The van der Waals surface area contributed by atoms with Crippen LogP contribution in [0.5, 0.6) is 11.5 Å². The Hall–Kier alpha value is -8.94. The van der Waals surface area contributed by atoms with Gasteiger partial charge in [-0.05, 0) is 82.9 Å². The summed E-state index contributed by atoms with van der Waals surface area (Å²) in [6.07, 6.45) is -48.7. The Labute approximate surface area is 415 Å². The summed E-state index contributed by atoms with van der Waals surface area (Å²) in [5.41, 5.74) is -42.1. The fourth-order valence-electron chi connectivity index (χ4n) is 7.90. The van der Waals surface area contributed by atoms with Gasteiger partial charge in [-0.1, -0.05) is 0 Å². The number of alkyl halides is 24. The second-order valence-corrected chi connectivity index (χ2v) is 15.9. The standard InChI is InChI=1S/C46H12F24N6O2/c47-39(48,49)19-1-15(2-20(5-19)40(50,51)52)29-25(7-23(43(59,60)61)9-27(29)45(65,66)67)31-33-36(78-37(75-33)17(11-71)12-72)32(34-35(31)77-38(76-34)18(13-73)14-74)26-8-24(44(62,63)64)10-28(46(68,69)70)30(26)16-3-21(41(53,54)55)6-22(4-16)42(56,57)58/h1-10,75-76H. The number of ether oxygens (including phenoxy) is 2. The van der Waals surface area contributed by atoms with Gasteiger partial charge in [-0.15, -0.1) is 0 Å². The lowest BCUT2D eigenvalue weighted by Crippen LogP contribution is -2.15. The van der Waals surface area contributed by atoms with Gasteiger partial charge in [0.15, 0.2) is 22.6 Å². The molecule has 78 heavy (non-hydrogen) atoms. The molecule has 2 aliphatic heterocycles. The summed E-state index contributed by atoms with van der Waals surface area (Å²) in [4.78, 5) is 0. The molecule has 0 aromatic heterocycles. The average Bonchev–Trinajstić information content (AvgIpc) is 3.93. The van der Waals surface area contributed by atoms with E-state index in [9.17, 15) is 100 Å². The van der Waals surface area contributed by atoms with Crippen LogP contribution < -0.4 is 20.1 Å². The Morgan fingerprint density at radius 1 is 0.321 bits per heavy atom. The molecular formula is C46H12F24N6O2. The van der Waals surface area contributed by atoms with Crippen LogP contribution in [0.3, 0.4) is 0 Å². The summed E-state index contributed by atoms with van der Waals surface area (Å²) in [6, 6.07) is -1.38. The number of rotatable bonds is 4. The highest BCUT2D eigenvalue weighted by Gasteiger charge is 2.48. The van der Waals surface area contributed by atoms with Crippen LogP contribution in [0.1, 0.15) is 44.5 Å². The molecule has 5 aromatic rings. The molecule has 0 saturated heterocycles. The number of allylic oxidation sites excluding steroid dienone is 2. The van der Waals surface area contributed by atoms with Crippen molar-refractivity contribution in [2.75, 3.05) is 10.6 Å². The minimum absolute atomic E-state index is 0.453. The normalized spacial score (nSPS) is 13.9. The SMILES string of the molecule is N#CC(C#N)=C1Nc2c(c(-c3cc(C(F)(F)F)cc(C(F)(F)F)c3-c3cc(C(F)(F)F)cc(C(F)(F)F)c3)c3c(c2-c2cc(C(F)(F)F)cc(C(F)(F)F)c2-c2cc(C(F)(F)F)cc(C(F)(F)F)c2)OC(=C(C#N)C#N)N3)O1. The maximum Gasteiger partial charge on any atom is 0.417 e. The number of nitriles is 4. The van der Waals surface area contributed by atoms with E-state index in [1.54, 1.807) is 0 Å². The molecule has 0 fully saturated rings. The third-order valence-electron chi connectivity index (χ3n) is 11.0. The third-order valence-corrected chi connectivity index (χ3v) is 11.0. The number of benzene rings is 5. The van der Waals surface area contributed by atoms with Crippen molar-refractivity contribution in [2.24, 2.45) is 0 Å². The van der Waals surface area contributed by atoms with Gasteiger partial charge < -0.3 is 20.1 Å². The summed E-state index contributed by atoms with van der Waals surface area (Å²) in [5.74, 6) is -6.44. The van der Waals surface area contributed by atoms with Gasteiger partial charge in [0.2, 0.25) is 11.8 Å². The molecule has 0 saturated carbocycles. The molecule has 8 nitrogen and oxygen atoms in total. The van der Waals surface area contributed by atoms with Crippen molar-refractivity contribution in [3.05, 3.63) is 128 Å². The highest BCUT2D eigenvalue weighted by molar-refractivity contribution is 6.10. The molecule has 0 aliphatic carbocycles. The first-order valence-corrected chi connectivity index (χ1v) is 20.0. The third kappa shape index (κ3) is 10.5. The van der Waals surface area contributed by atoms with Gasteiger partial charge in [0.25, 0.3) is 0 Å². The van der Waals surface area contributed by atoms with Crippen molar-refractivity contribution in [3.63, 3.8) is 0 Å². The first-order valence-electron chi connectivity index (χ1n) is 20.0. The number of hydrogen-bond donors (Lipinski definition) is 2. The quantitative estimate of drug-likeness (QED) is 0.134. The van der Waals surface area contributed by atoms with E-state index in [-0.39, 0.29) is 0 Å². The van der Waals surface area contributed by atoms with E-state index < -0.39 is 245 Å². The van der Waals surface area contributed by atoms with Crippen LogP contribution in [0.25, 0.3) is 44.5 Å². The molecule has 0 spiro atoms. The highest BCUT2D eigenvalue weighted by atomic mass is 19.4. The smallest absolute Gasteiger partial charge is 0.417 e. The molecule has 2 heterocycles. The first kappa shape index (κ1) is 56.8. The van der Waals surface area contributed by atoms with Crippen LogP contribution in [0.2, 0.25) is 0 Å². The molecule has 0 bridgehead atoms. The number of anilines is 2. The van der Waals surface area contributed by atoms with E-state index in [4.69, 9.17) is 9.47 Å². The predicted molar refractivity (Wildman–Crippen MR) is 213 cm³/mol. The molecule has 7 rings (SSSR count).